The number of nitro benzene ring substituents is 1. The lowest BCUT2D eigenvalue weighted by molar-refractivity contribution is -0.384. The first-order valence-corrected chi connectivity index (χ1v) is 6.99. The predicted octanol–water partition coefficient (Wildman–Crippen LogP) is 1.16. The number of hydrogen-bond donors (Lipinski definition) is 2. The van der Waals surface area contributed by atoms with Crippen molar-refractivity contribution in [3.8, 4) is 0 Å². The van der Waals surface area contributed by atoms with Gasteiger partial charge in [-0.3, -0.25) is 14.9 Å². The maximum Gasteiger partial charge on any atom is 0.292 e. The van der Waals surface area contributed by atoms with Crippen molar-refractivity contribution in [3.63, 3.8) is 0 Å². The second kappa shape index (κ2) is 6.53. The number of amides is 1. The van der Waals surface area contributed by atoms with E-state index in [0.717, 1.165) is 6.42 Å². The van der Waals surface area contributed by atoms with Gasteiger partial charge in [0, 0.05) is 43.8 Å². The van der Waals surface area contributed by atoms with Gasteiger partial charge >= 0.3 is 0 Å². The third kappa shape index (κ3) is 3.30. The Labute approximate surface area is 122 Å². The van der Waals surface area contributed by atoms with Crippen molar-refractivity contribution >= 4 is 17.3 Å². The smallest absolute Gasteiger partial charge is 0.292 e. The molecule has 21 heavy (non-hydrogen) atoms. The molecule has 0 aliphatic carbocycles. The molecule has 114 valence electrons. The van der Waals surface area contributed by atoms with E-state index in [1.54, 1.807) is 6.07 Å². The lowest BCUT2D eigenvalue weighted by Crippen LogP contribution is -2.25. The van der Waals surface area contributed by atoms with Crippen LogP contribution in [0.15, 0.2) is 18.2 Å². The van der Waals surface area contributed by atoms with Gasteiger partial charge in [0.05, 0.1) is 4.92 Å². The first kappa shape index (κ1) is 15.2. The maximum atomic E-state index is 11.9. The number of benzene rings is 1. The Morgan fingerprint density at radius 2 is 2.33 bits per heavy atom. The molecule has 0 bridgehead atoms. The number of carbonyl (C=O) groups excluding carboxylic acids is 1. The van der Waals surface area contributed by atoms with E-state index in [-0.39, 0.29) is 24.1 Å². The highest BCUT2D eigenvalue weighted by molar-refractivity contribution is 5.96. The van der Waals surface area contributed by atoms with Crippen molar-refractivity contribution < 1.29 is 14.8 Å². The monoisotopic (exact) mass is 293 g/mol. The second-order valence-corrected chi connectivity index (χ2v) is 5.10. The number of nitrogens with one attached hydrogen (secondary N) is 1. The zero-order valence-electron chi connectivity index (χ0n) is 11.9. The first-order valence-electron chi connectivity index (χ1n) is 6.99. The van der Waals surface area contributed by atoms with Crippen LogP contribution in [0.5, 0.6) is 0 Å². The van der Waals surface area contributed by atoms with Crippen LogP contribution in [0.3, 0.4) is 0 Å². The van der Waals surface area contributed by atoms with Crippen LogP contribution in [-0.2, 0) is 0 Å². The number of nitro groups is 1. The van der Waals surface area contributed by atoms with Gasteiger partial charge in [0.15, 0.2) is 0 Å². The Morgan fingerprint density at radius 1 is 1.57 bits per heavy atom. The topological polar surface area (TPSA) is 95.7 Å². The second-order valence-electron chi connectivity index (χ2n) is 5.10. The van der Waals surface area contributed by atoms with E-state index in [0.29, 0.717) is 30.9 Å². The van der Waals surface area contributed by atoms with E-state index in [2.05, 4.69) is 5.32 Å². The highest BCUT2D eigenvalue weighted by atomic mass is 16.6. The summed E-state index contributed by atoms with van der Waals surface area (Å²) < 4.78 is 0. The van der Waals surface area contributed by atoms with Crippen LogP contribution in [-0.4, -0.2) is 42.2 Å². The Balaban J connectivity index is 2.34. The molecule has 1 saturated heterocycles. The quantitative estimate of drug-likeness (QED) is 0.627. The summed E-state index contributed by atoms with van der Waals surface area (Å²) in [5.74, 6) is -0.121. The molecular weight excluding hydrogens is 274 g/mol. The summed E-state index contributed by atoms with van der Waals surface area (Å²) in [5.41, 5.74) is 0.839. The van der Waals surface area contributed by atoms with E-state index in [4.69, 9.17) is 0 Å². The van der Waals surface area contributed by atoms with Gasteiger partial charge < -0.3 is 15.3 Å². The summed E-state index contributed by atoms with van der Waals surface area (Å²) in [4.78, 5) is 24.5. The van der Waals surface area contributed by atoms with Crippen molar-refractivity contribution in [3.05, 3.63) is 33.9 Å². The Bertz CT molecular complexity index is 547. The minimum Gasteiger partial charge on any atom is -0.396 e. The molecule has 2 rings (SSSR count). The molecule has 1 unspecified atom stereocenters. The molecule has 7 heteroatoms. The largest absolute Gasteiger partial charge is 0.396 e. The third-order valence-corrected chi connectivity index (χ3v) is 3.66. The van der Waals surface area contributed by atoms with Crippen LogP contribution in [0.25, 0.3) is 0 Å². The average Bonchev–Trinajstić information content (AvgIpc) is 2.95. The van der Waals surface area contributed by atoms with Gasteiger partial charge in [-0.2, -0.15) is 0 Å². The van der Waals surface area contributed by atoms with Crippen molar-refractivity contribution in [2.75, 3.05) is 31.1 Å². The summed E-state index contributed by atoms with van der Waals surface area (Å²) in [5, 5.41) is 23.0. The molecule has 0 saturated carbocycles. The van der Waals surface area contributed by atoms with E-state index in [1.807, 2.05) is 11.8 Å². The minimum atomic E-state index is -0.441. The highest BCUT2D eigenvalue weighted by Crippen LogP contribution is 2.33. The number of aliphatic hydroxyl groups is 1. The van der Waals surface area contributed by atoms with Crippen LogP contribution >= 0.6 is 0 Å². The number of anilines is 1. The fraction of sp³-hybridized carbons (Fsp3) is 0.500. The number of hydrogen-bond acceptors (Lipinski definition) is 5. The van der Waals surface area contributed by atoms with Crippen LogP contribution in [0.2, 0.25) is 0 Å². The molecule has 1 fully saturated rings. The van der Waals surface area contributed by atoms with Crippen LogP contribution in [0.4, 0.5) is 11.4 Å². The molecule has 1 aliphatic heterocycles. The number of aliphatic hydroxyl groups excluding tert-OH is 1. The molecule has 2 N–H and O–H groups in total. The summed E-state index contributed by atoms with van der Waals surface area (Å²) in [6.45, 7) is 3.60. The van der Waals surface area contributed by atoms with Crippen molar-refractivity contribution in [2.45, 2.75) is 13.3 Å². The van der Waals surface area contributed by atoms with Crippen molar-refractivity contribution in [2.24, 2.45) is 5.92 Å². The lowest BCUT2D eigenvalue weighted by atomic mass is 10.1. The summed E-state index contributed by atoms with van der Waals surface area (Å²) in [6, 6.07) is 4.39. The molecule has 1 aliphatic rings. The minimum absolute atomic E-state index is 0.0124. The molecule has 1 aromatic carbocycles. The van der Waals surface area contributed by atoms with E-state index in [1.165, 1.54) is 12.1 Å². The van der Waals surface area contributed by atoms with E-state index in [9.17, 15) is 20.0 Å². The van der Waals surface area contributed by atoms with E-state index < -0.39 is 4.92 Å². The van der Waals surface area contributed by atoms with Crippen molar-refractivity contribution in [1.29, 1.82) is 0 Å². The van der Waals surface area contributed by atoms with Crippen molar-refractivity contribution in [1.82, 2.24) is 5.32 Å². The maximum absolute atomic E-state index is 11.9. The Hall–Kier alpha value is -2.15. The molecule has 1 heterocycles. The molecular formula is C14H19N3O4. The van der Waals surface area contributed by atoms with Gasteiger partial charge in [-0.1, -0.05) is 0 Å². The third-order valence-electron chi connectivity index (χ3n) is 3.66. The first-order chi connectivity index (χ1) is 10.1. The fourth-order valence-electron chi connectivity index (χ4n) is 2.54. The summed E-state index contributed by atoms with van der Waals surface area (Å²) >= 11 is 0. The number of rotatable bonds is 5. The highest BCUT2D eigenvalue weighted by Gasteiger charge is 2.28. The zero-order chi connectivity index (χ0) is 15.4. The van der Waals surface area contributed by atoms with Gasteiger partial charge in [-0.25, -0.2) is 0 Å². The number of carbonyl (C=O) groups is 1. The summed E-state index contributed by atoms with van der Waals surface area (Å²) in [6.07, 6.45) is 0.791. The summed E-state index contributed by atoms with van der Waals surface area (Å²) in [7, 11) is 0. The van der Waals surface area contributed by atoms with Gasteiger partial charge in [0.1, 0.15) is 5.69 Å². The van der Waals surface area contributed by atoms with Crippen LogP contribution in [0.1, 0.15) is 23.7 Å². The lowest BCUT2D eigenvalue weighted by Gasteiger charge is -2.19. The molecule has 1 atom stereocenters. The predicted molar refractivity (Wildman–Crippen MR) is 78.5 cm³/mol. The average molecular weight is 293 g/mol. The standard InChI is InChI=1S/C14H19N3O4/c1-2-15-14(19)11-3-4-12(17(20)21)13(7-11)16-6-5-10(8-16)9-18/h3-4,7,10,18H,2,5-6,8-9H2,1H3,(H,15,19). The van der Waals surface area contributed by atoms with Crippen LogP contribution in [0, 0.1) is 16.0 Å². The van der Waals surface area contributed by atoms with E-state index >= 15 is 0 Å². The molecule has 7 nitrogen and oxygen atoms in total. The number of nitrogens with zero attached hydrogens (tertiary/aromatic N) is 2. The SMILES string of the molecule is CCNC(=O)c1ccc([N+](=O)[O-])c(N2CCC(CO)C2)c1. The fourth-order valence-corrected chi connectivity index (χ4v) is 2.54. The molecule has 1 amide bonds. The molecule has 1 aromatic rings. The molecule has 0 spiro atoms. The van der Waals surface area contributed by atoms with Gasteiger partial charge in [-0.05, 0) is 25.5 Å². The van der Waals surface area contributed by atoms with Gasteiger partial charge in [0.25, 0.3) is 11.6 Å². The Morgan fingerprint density at radius 3 is 2.90 bits per heavy atom. The Kier molecular flexibility index (Phi) is 4.74. The zero-order valence-corrected chi connectivity index (χ0v) is 11.9. The normalized spacial score (nSPS) is 17.8. The molecule has 0 aromatic heterocycles. The van der Waals surface area contributed by atoms with Crippen LogP contribution < -0.4 is 10.2 Å². The van der Waals surface area contributed by atoms with Gasteiger partial charge in [0.2, 0.25) is 0 Å². The van der Waals surface area contributed by atoms with Gasteiger partial charge in [-0.15, -0.1) is 0 Å². The molecule has 0 radical (unpaired) electrons.